The highest BCUT2D eigenvalue weighted by atomic mass is 19.1. The van der Waals surface area contributed by atoms with E-state index in [0.29, 0.717) is 56.8 Å². The van der Waals surface area contributed by atoms with Gasteiger partial charge in [-0.2, -0.15) is 4.39 Å². The van der Waals surface area contributed by atoms with Gasteiger partial charge in [0, 0.05) is 64.5 Å². The summed E-state index contributed by atoms with van der Waals surface area (Å²) in [5.74, 6) is -2.12. The first-order valence-corrected chi connectivity index (χ1v) is 16.2. The molecule has 47 heavy (non-hydrogen) atoms. The van der Waals surface area contributed by atoms with Crippen LogP contribution in [0.5, 0.6) is 0 Å². The van der Waals surface area contributed by atoms with E-state index >= 15 is 4.39 Å². The Bertz CT molecular complexity index is 1600. The van der Waals surface area contributed by atoms with Crippen LogP contribution in [0.4, 0.5) is 26.5 Å². The van der Waals surface area contributed by atoms with Gasteiger partial charge in [0.2, 0.25) is 11.7 Å². The zero-order valence-electron chi connectivity index (χ0n) is 26.6. The van der Waals surface area contributed by atoms with E-state index in [4.69, 9.17) is 0 Å². The minimum atomic E-state index is -1.15. The highest BCUT2D eigenvalue weighted by molar-refractivity contribution is 5.89. The lowest BCUT2D eigenvalue weighted by atomic mass is 9.96. The Labute approximate surface area is 273 Å². The Hall–Kier alpha value is -4.78. The molecule has 0 bridgehead atoms. The molecule has 1 aromatic heterocycles. The standard InChI is InChI=1S/C34H41FN8O4/c1-40-15-17-41(18-16-40)30-29(35)31(37-22-36-30)42-13-4-7-26(21-42)32(44)39-28(33(45)46)19-23-8-10-27(11-9-23)38-34(47)43-14-12-24-5-2-3-6-25(24)20-43/h2-3,5-6,8-11,22,26,28H,4,7,12-21H2,1H3,(H,38,47)(H,39,44)(H,45,46)/t26?,28-/m0/s1. The number of piperazine rings is 1. The van der Waals surface area contributed by atoms with Gasteiger partial charge in [-0.15, -0.1) is 0 Å². The summed E-state index contributed by atoms with van der Waals surface area (Å²) in [4.78, 5) is 54.4. The van der Waals surface area contributed by atoms with Gasteiger partial charge >= 0.3 is 12.0 Å². The molecule has 6 rings (SSSR count). The summed E-state index contributed by atoms with van der Waals surface area (Å²) < 4.78 is 15.6. The minimum absolute atomic E-state index is 0.0730. The third-order valence-corrected chi connectivity index (χ3v) is 9.32. The maximum Gasteiger partial charge on any atom is 0.326 e. The molecule has 12 nitrogen and oxygen atoms in total. The molecule has 3 amide bonds. The van der Waals surface area contributed by atoms with Crippen molar-refractivity contribution >= 4 is 35.2 Å². The van der Waals surface area contributed by atoms with E-state index in [1.165, 1.54) is 11.9 Å². The predicted molar refractivity (Wildman–Crippen MR) is 176 cm³/mol. The van der Waals surface area contributed by atoms with E-state index in [-0.39, 0.29) is 36.5 Å². The van der Waals surface area contributed by atoms with Gasteiger partial charge in [-0.25, -0.2) is 19.6 Å². The number of urea groups is 1. The molecule has 13 heteroatoms. The van der Waals surface area contributed by atoms with Crippen LogP contribution in [0.3, 0.4) is 0 Å². The molecule has 248 valence electrons. The third-order valence-electron chi connectivity index (χ3n) is 9.32. The van der Waals surface area contributed by atoms with Gasteiger partial charge < -0.3 is 35.3 Å². The molecule has 2 aromatic carbocycles. The summed E-state index contributed by atoms with van der Waals surface area (Å²) in [7, 11) is 2.03. The minimum Gasteiger partial charge on any atom is -0.480 e. The molecule has 3 aliphatic heterocycles. The number of hydrogen-bond acceptors (Lipinski definition) is 8. The zero-order chi connectivity index (χ0) is 32.9. The molecule has 3 aliphatic rings. The maximum atomic E-state index is 15.6. The quantitative estimate of drug-likeness (QED) is 0.339. The predicted octanol–water partition coefficient (Wildman–Crippen LogP) is 2.99. The van der Waals surface area contributed by atoms with Gasteiger partial charge in [0.25, 0.3) is 0 Å². The van der Waals surface area contributed by atoms with Crippen LogP contribution < -0.4 is 20.4 Å². The second kappa shape index (κ2) is 14.3. The van der Waals surface area contributed by atoms with Gasteiger partial charge in [0.05, 0.1) is 5.92 Å². The summed E-state index contributed by atoms with van der Waals surface area (Å²) in [6, 6.07) is 13.7. The highest BCUT2D eigenvalue weighted by Gasteiger charge is 2.32. The number of piperidine rings is 1. The van der Waals surface area contributed by atoms with E-state index in [9.17, 15) is 19.5 Å². The van der Waals surface area contributed by atoms with Crippen molar-refractivity contribution in [2.75, 3.05) is 68.0 Å². The third kappa shape index (κ3) is 7.62. The highest BCUT2D eigenvalue weighted by Crippen LogP contribution is 2.29. The number of nitrogens with one attached hydrogen (secondary N) is 2. The number of aromatic nitrogens is 2. The number of hydrogen-bond donors (Lipinski definition) is 3. The SMILES string of the molecule is CN1CCN(c2ncnc(N3CCCC(C(=O)N[C@@H](Cc4ccc(NC(=O)N5CCc6ccccc6C5)cc4)C(=O)O)C3)c2F)CC1. The average Bonchev–Trinajstić information content (AvgIpc) is 3.09. The Morgan fingerprint density at radius 2 is 1.64 bits per heavy atom. The van der Waals surface area contributed by atoms with Gasteiger partial charge in [0.15, 0.2) is 11.6 Å². The number of nitrogens with zero attached hydrogens (tertiary/aromatic N) is 6. The Kier molecular flexibility index (Phi) is 9.81. The number of carboxylic acids is 1. The fourth-order valence-corrected chi connectivity index (χ4v) is 6.52. The monoisotopic (exact) mass is 644 g/mol. The van der Waals surface area contributed by atoms with E-state index in [1.54, 1.807) is 34.1 Å². The van der Waals surface area contributed by atoms with Gasteiger partial charge in [-0.3, -0.25) is 4.79 Å². The summed E-state index contributed by atoms with van der Waals surface area (Å²) >= 11 is 0. The molecule has 2 atom stereocenters. The molecule has 2 saturated heterocycles. The number of amides is 3. The normalized spacial score (nSPS) is 19.1. The number of benzene rings is 2. The van der Waals surface area contributed by atoms with Crippen LogP contribution in [0.2, 0.25) is 0 Å². The van der Waals surface area contributed by atoms with Gasteiger partial charge in [-0.05, 0) is 55.1 Å². The molecular weight excluding hydrogens is 603 g/mol. The molecule has 4 heterocycles. The smallest absolute Gasteiger partial charge is 0.326 e. The molecule has 0 radical (unpaired) electrons. The number of carbonyl (C=O) groups is 3. The van der Waals surface area contributed by atoms with Gasteiger partial charge in [-0.1, -0.05) is 36.4 Å². The Balaban J connectivity index is 1.04. The molecule has 0 aliphatic carbocycles. The number of rotatable bonds is 8. The average molecular weight is 645 g/mol. The van der Waals surface area contributed by atoms with Crippen molar-refractivity contribution in [3.05, 3.63) is 77.4 Å². The number of aliphatic carboxylic acids is 1. The molecule has 3 N–H and O–H groups in total. The summed E-state index contributed by atoms with van der Waals surface area (Å²) in [6.45, 7) is 4.89. The second-order valence-corrected chi connectivity index (χ2v) is 12.6. The zero-order valence-corrected chi connectivity index (χ0v) is 26.6. The van der Waals surface area contributed by atoms with E-state index < -0.39 is 23.7 Å². The van der Waals surface area contributed by atoms with Crippen molar-refractivity contribution in [1.29, 1.82) is 0 Å². The lowest BCUT2D eigenvalue weighted by Gasteiger charge is -2.35. The van der Waals surface area contributed by atoms with Crippen LogP contribution in [-0.4, -0.2) is 102 Å². The van der Waals surface area contributed by atoms with Crippen LogP contribution >= 0.6 is 0 Å². The topological polar surface area (TPSA) is 134 Å². The lowest BCUT2D eigenvalue weighted by molar-refractivity contribution is -0.142. The molecule has 2 fully saturated rings. The number of likely N-dealkylation sites (N-methyl/N-ethyl adjacent to an activating group) is 1. The maximum absolute atomic E-state index is 15.6. The van der Waals surface area contributed by atoms with Crippen molar-refractivity contribution in [3.63, 3.8) is 0 Å². The molecular formula is C34H41FN8O4. The lowest BCUT2D eigenvalue weighted by Crippen LogP contribution is -2.49. The van der Waals surface area contributed by atoms with Crippen molar-refractivity contribution in [2.45, 2.75) is 38.3 Å². The summed E-state index contributed by atoms with van der Waals surface area (Å²) in [5.41, 5.74) is 3.70. The fourth-order valence-electron chi connectivity index (χ4n) is 6.52. The van der Waals surface area contributed by atoms with Crippen molar-refractivity contribution in [2.24, 2.45) is 5.92 Å². The van der Waals surface area contributed by atoms with Crippen LogP contribution in [-0.2, 0) is 29.0 Å². The summed E-state index contributed by atoms with van der Waals surface area (Å²) in [5, 5.41) is 15.6. The number of fused-ring (bicyclic) bond motifs is 1. The summed E-state index contributed by atoms with van der Waals surface area (Å²) in [6.07, 6.45) is 3.44. The van der Waals surface area contributed by atoms with Gasteiger partial charge in [0.1, 0.15) is 12.4 Å². The first kappa shape index (κ1) is 32.2. The van der Waals surface area contributed by atoms with E-state index in [2.05, 4.69) is 31.6 Å². The number of anilines is 3. The Morgan fingerprint density at radius 3 is 2.36 bits per heavy atom. The van der Waals surface area contributed by atoms with Crippen molar-refractivity contribution < 1.29 is 23.9 Å². The Morgan fingerprint density at radius 1 is 0.936 bits per heavy atom. The molecule has 1 unspecified atom stereocenters. The van der Waals surface area contributed by atoms with Crippen LogP contribution in [0.25, 0.3) is 0 Å². The van der Waals surface area contributed by atoms with E-state index in [0.717, 1.165) is 25.1 Å². The van der Waals surface area contributed by atoms with Crippen molar-refractivity contribution in [3.8, 4) is 0 Å². The fraction of sp³-hybridized carbons (Fsp3) is 0.441. The van der Waals surface area contributed by atoms with E-state index in [1.807, 2.05) is 30.1 Å². The largest absolute Gasteiger partial charge is 0.480 e. The molecule has 0 spiro atoms. The first-order chi connectivity index (χ1) is 22.7. The number of carboxylic acid groups (broad SMARTS) is 1. The van der Waals surface area contributed by atoms with Crippen LogP contribution in [0.15, 0.2) is 54.9 Å². The number of halogens is 1. The first-order valence-electron chi connectivity index (χ1n) is 16.2. The molecule has 0 saturated carbocycles. The van der Waals surface area contributed by atoms with Crippen LogP contribution in [0.1, 0.15) is 29.5 Å². The second-order valence-electron chi connectivity index (χ2n) is 12.6. The van der Waals surface area contributed by atoms with Crippen molar-refractivity contribution in [1.82, 2.24) is 25.1 Å². The van der Waals surface area contributed by atoms with Crippen LogP contribution in [0, 0.1) is 11.7 Å². The number of carbonyl (C=O) groups excluding carboxylic acids is 2. The molecule has 3 aromatic rings.